The van der Waals surface area contributed by atoms with Crippen molar-refractivity contribution in [2.75, 3.05) is 19.6 Å². The van der Waals surface area contributed by atoms with Crippen molar-refractivity contribution >= 4 is 28.5 Å². The zero-order valence-corrected chi connectivity index (χ0v) is 13.6. The van der Waals surface area contributed by atoms with Crippen LogP contribution in [-0.2, 0) is 0 Å². The van der Waals surface area contributed by atoms with Crippen molar-refractivity contribution in [1.82, 2.24) is 5.32 Å². The first kappa shape index (κ1) is 15.4. The van der Waals surface area contributed by atoms with Crippen LogP contribution in [0.5, 0.6) is 0 Å². The molecule has 1 fully saturated rings. The average Bonchev–Trinajstić information content (AvgIpc) is 2.92. The number of rotatable bonds is 4. The van der Waals surface area contributed by atoms with Gasteiger partial charge in [-0.2, -0.15) is 0 Å². The molecule has 0 aliphatic carbocycles. The van der Waals surface area contributed by atoms with E-state index in [4.69, 9.17) is 16.0 Å². The predicted octanol–water partition coefficient (Wildman–Crippen LogP) is 2.27. The van der Waals surface area contributed by atoms with Crippen molar-refractivity contribution < 1.29 is 14.1 Å². The van der Waals surface area contributed by atoms with Gasteiger partial charge in [0, 0.05) is 29.3 Å². The summed E-state index contributed by atoms with van der Waals surface area (Å²) < 4.78 is 5.61. The second-order valence-corrected chi connectivity index (χ2v) is 6.48. The molecular formula is C17H22ClN2O2+. The Morgan fingerprint density at radius 2 is 2.14 bits per heavy atom. The molecule has 1 saturated heterocycles. The molecule has 1 amide bonds. The van der Waals surface area contributed by atoms with Crippen LogP contribution in [-0.4, -0.2) is 31.6 Å². The lowest BCUT2D eigenvalue weighted by molar-refractivity contribution is -0.905. The Morgan fingerprint density at radius 1 is 1.36 bits per heavy atom. The fraction of sp³-hybridized carbons (Fsp3) is 0.471. The van der Waals surface area contributed by atoms with Gasteiger partial charge in [-0.3, -0.25) is 4.79 Å². The molecule has 118 valence electrons. The van der Waals surface area contributed by atoms with Gasteiger partial charge >= 0.3 is 0 Å². The number of benzene rings is 1. The summed E-state index contributed by atoms with van der Waals surface area (Å²) in [6, 6.07) is 7.38. The highest BCUT2D eigenvalue weighted by atomic mass is 35.5. The second-order valence-electron chi connectivity index (χ2n) is 6.04. The van der Waals surface area contributed by atoms with Crippen LogP contribution in [0.25, 0.3) is 11.0 Å². The molecule has 1 aromatic carbocycles. The van der Waals surface area contributed by atoms with Crippen LogP contribution in [0.3, 0.4) is 0 Å². The lowest BCUT2D eigenvalue weighted by Crippen LogP contribution is -3.13. The third kappa shape index (κ3) is 3.45. The minimum Gasteiger partial charge on any atom is -0.451 e. The molecule has 22 heavy (non-hydrogen) atoms. The number of nitrogens with one attached hydrogen (secondary N) is 2. The van der Waals surface area contributed by atoms with E-state index < -0.39 is 0 Å². The van der Waals surface area contributed by atoms with E-state index >= 15 is 0 Å². The van der Waals surface area contributed by atoms with Gasteiger partial charge in [0.2, 0.25) is 0 Å². The molecule has 0 saturated carbocycles. The van der Waals surface area contributed by atoms with E-state index in [9.17, 15) is 4.79 Å². The van der Waals surface area contributed by atoms with E-state index in [-0.39, 0.29) is 11.9 Å². The molecule has 5 heteroatoms. The number of piperidine rings is 1. The minimum atomic E-state index is -0.128. The van der Waals surface area contributed by atoms with Gasteiger partial charge in [0.05, 0.1) is 19.6 Å². The summed E-state index contributed by atoms with van der Waals surface area (Å²) in [7, 11) is 0. The van der Waals surface area contributed by atoms with Crippen LogP contribution in [0.2, 0.25) is 5.02 Å². The van der Waals surface area contributed by atoms with Gasteiger partial charge in [0.15, 0.2) is 5.76 Å². The lowest BCUT2D eigenvalue weighted by Gasteiger charge is -2.29. The SMILES string of the molecule is CCC[NH+]1CCC(NC(=O)c2cc3cc(Cl)ccc3o2)CC1. The lowest BCUT2D eigenvalue weighted by atomic mass is 10.0. The second kappa shape index (κ2) is 6.71. The number of carbonyl (C=O) groups is 1. The average molecular weight is 322 g/mol. The first-order valence-corrected chi connectivity index (χ1v) is 8.37. The topological polar surface area (TPSA) is 46.7 Å². The van der Waals surface area contributed by atoms with Gasteiger partial charge in [-0.1, -0.05) is 18.5 Å². The van der Waals surface area contributed by atoms with E-state index in [0.717, 1.165) is 31.3 Å². The van der Waals surface area contributed by atoms with Crippen molar-refractivity contribution in [3.05, 3.63) is 35.0 Å². The van der Waals surface area contributed by atoms with Crippen LogP contribution in [0.4, 0.5) is 0 Å². The molecule has 2 heterocycles. The maximum atomic E-state index is 12.3. The summed E-state index contributed by atoms with van der Waals surface area (Å²) in [6.45, 7) is 5.71. The largest absolute Gasteiger partial charge is 0.451 e. The Hall–Kier alpha value is -1.52. The maximum absolute atomic E-state index is 12.3. The number of furan rings is 1. The molecule has 0 unspecified atom stereocenters. The highest BCUT2D eigenvalue weighted by molar-refractivity contribution is 6.31. The monoisotopic (exact) mass is 321 g/mol. The molecule has 0 atom stereocenters. The van der Waals surface area contributed by atoms with E-state index in [1.807, 2.05) is 6.07 Å². The molecule has 4 nitrogen and oxygen atoms in total. The summed E-state index contributed by atoms with van der Waals surface area (Å²) in [5, 5.41) is 4.60. The number of amides is 1. The Bertz CT molecular complexity index is 660. The fourth-order valence-corrected chi connectivity index (χ4v) is 3.34. The van der Waals surface area contributed by atoms with Crippen LogP contribution >= 0.6 is 11.6 Å². The molecule has 0 radical (unpaired) electrons. The van der Waals surface area contributed by atoms with E-state index in [2.05, 4.69) is 12.2 Å². The summed E-state index contributed by atoms with van der Waals surface area (Å²) >= 11 is 5.96. The molecular weight excluding hydrogens is 300 g/mol. The van der Waals surface area contributed by atoms with Gasteiger partial charge in [-0.05, 0) is 30.7 Å². The summed E-state index contributed by atoms with van der Waals surface area (Å²) in [5.41, 5.74) is 0.691. The highest BCUT2D eigenvalue weighted by Crippen LogP contribution is 2.23. The first-order valence-electron chi connectivity index (χ1n) is 7.99. The molecule has 1 aliphatic rings. The van der Waals surface area contributed by atoms with Crippen LogP contribution in [0.15, 0.2) is 28.7 Å². The molecule has 2 N–H and O–H groups in total. The minimum absolute atomic E-state index is 0.128. The van der Waals surface area contributed by atoms with Gasteiger partial charge in [0.1, 0.15) is 5.58 Å². The first-order chi connectivity index (χ1) is 10.7. The van der Waals surface area contributed by atoms with E-state index in [0.29, 0.717) is 16.4 Å². The molecule has 0 spiro atoms. The highest BCUT2D eigenvalue weighted by Gasteiger charge is 2.24. The number of hydrogen-bond acceptors (Lipinski definition) is 2. The molecule has 1 aromatic heterocycles. The molecule has 3 rings (SSSR count). The third-order valence-corrected chi connectivity index (χ3v) is 4.57. The predicted molar refractivity (Wildman–Crippen MR) is 87.6 cm³/mol. The molecule has 0 bridgehead atoms. The number of carbonyl (C=O) groups excluding carboxylic acids is 1. The number of fused-ring (bicyclic) bond motifs is 1. The van der Waals surface area contributed by atoms with Crippen molar-refractivity contribution in [3.63, 3.8) is 0 Å². The summed E-state index contributed by atoms with van der Waals surface area (Å²) in [5.74, 6) is 0.233. The summed E-state index contributed by atoms with van der Waals surface area (Å²) in [4.78, 5) is 14.0. The maximum Gasteiger partial charge on any atom is 0.287 e. The van der Waals surface area contributed by atoms with Crippen LogP contribution in [0, 0.1) is 0 Å². The van der Waals surface area contributed by atoms with Crippen LogP contribution < -0.4 is 10.2 Å². The van der Waals surface area contributed by atoms with E-state index in [1.54, 1.807) is 23.1 Å². The molecule has 1 aliphatic heterocycles. The smallest absolute Gasteiger partial charge is 0.287 e. The third-order valence-electron chi connectivity index (χ3n) is 4.33. The van der Waals surface area contributed by atoms with Crippen molar-refractivity contribution in [2.24, 2.45) is 0 Å². The van der Waals surface area contributed by atoms with Crippen LogP contribution in [0.1, 0.15) is 36.7 Å². The fourth-order valence-electron chi connectivity index (χ4n) is 3.16. The number of hydrogen-bond donors (Lipinski definition) is 2. The zero-order valence-electron chi connectivity index (χ0n) is 12.8. The van der Waals surface area contributed by atoms with Gasteiger partial charge in [0.25, 0.3) is 5.91 Å². The quantitative estimate of drug-likeness (QED) is 0.907. The van der Waals surface area contributed by atoms with Crippen molar-refractivity contribution in [2.45, 2.75) is 32.2 Å². The Kier molecular flexibility index (Phi) is 4.69. The van der Waals surface area contributed by atoms with Crippen molar-refractivity contribution in [3.8, 4) is 0 Å². The number of likely N-dealkylation sites (tertiary alicyclic amines) is 1. The van der Waals surface area contributed by atoms with Gasteiger partial charge in [-0.15, -0.1) is 0 Å². The standard InChI is InChI=1S/C17H21ClN2O2/c1-2-7-20-8-5-14(6-9-20)19-17(21)16-11-12-10-13(18)3-4-15(12)22-16/h3-4,10-11,14H,2,5-9H2,1H3,(H,19,21)/p+1. The molecule has 2 aromatic rings. The Labute approximate surface area is 135 Å². The normalized spacial score (nSPS) is 21.9. The summed E-state index contributed by atoms with van der Waals surface area (Å²) in [6.07, 6.45) is 3.29. The van der Waals surface area contributed by atoms with Crippen molar-refractivity contribution in [1.29, 1.82) is 0 Å². The zero-order chi connectivity index (χ0) is 15.5. The van der Waals surface area contributed by atoms with E-state index in [1.165, 1.54) is 13.0 Å². The number of quaternary nitrogens is 1. The Balaban J connectivity index is 1.61. The van der Waals surface area contributed by atoms with Gasteiger partial charge < -0.3 is 14.6 Å². The Morgan fingerprint density at radius 3 is 2.86 bits per heavy atom. The number of halogens is 1. The van der Waals surface area contributed by atoms with Gasteiger partial charge in [-0.25, -0.2) is 0 Å².